The van der Waals surface area contributed by atoms with Gasteiger partial charge in [-0.1, -0.05) is 5.16 Å². The summed E-state index contributed by atoms with van der Waals surface area (Å²) in [5, 5.41) is 11.1. The second-order valence-electron chi connectivity index (χ2n) is 6.60. The van der Waals surface area contributed by atoms with Crippen LogP contribution < -0.4 is 0 Å². The molecule has 26 heavy (non-hydrogen) atoms. The zero-order chi connectivity index (χ0) is 17.8. The lowest BCUT2D eigenvalue weighted by Crippen LogP contribution is -2.33. The van der Waals surface area contributed by atoms with Crippen molar-refractivity contribution in [1.82, 2.24) is 25.2 Å². The van der Waals surface area contributed by atoms with E-state index in [4.69, 9.17) is 9.26 Å². The zero-order valence-electron chi connectivity index (χ0n) is 14.9. The van der Waals surface area contributed by atoms with Crippen LogP contribution in [0.5, 0.6) is 0 Å². The maximum Gasteiger partial charge on any atom is 0.231 e. The summed E-state index contributed by atoms with van der Waals surface area (Å²) in [5.41, 5.74) is 1.08. The van der Waals surface area contributed by atoms with Gasteiger partial charge in [-0.15, -0.1) is 11.3 Å². The molecular formula is C18H23N5O2S. The third-order valence-electron chi connectivity index (χ3n) is 4.68. The number of piperidine rings is 1. The molecule has 0 amide bonds. The van der Waals surface area contributed by atoms with Gasteiger partial charge >= 0.3 is 0 Å². The van der Waals surface area contributed by atoms with Gasteiger partial charge in [0, 0.05) is 37.7 Å². The predicted molar refractivity (Wildman–Crippen MR) is 99.0 cm³/mol. The summed E-state index contributed by atoms with van der Waals surface area (Å²) in [6.07, 6.45) is 4.74. The molecule has 1 unspecified atom stereocenters. The third-order valence-corrected chi connectivity index (χ3v) is 5.78. The van der Waals surface area contributed by atoms with Crippen LogP contribution in [0.15, 0.2) is 28.9 Å². The number of methoxy groups -OCH3 is 1. The average molecular weight is 373 g/mol. The Labute approximate surface area is 156 Å². The molecule has 1 saturated heterocycles. The second kappa shape index (κ2) is 8.11. The number of hydrogen-bond acceptors (Lipinski definition) is 7. The first kappa shape index (κ1) is 17.4. The van der Waals surface area contributed by atoms with Gasteiger partial charge in [-0.3, -0.25) is 10.00 Å². The first-order chi connectivity index (χ1) is 12.8. The molecule has 138 valence electrons. The van der Waals surface area contributed by atoms with Gasteiger partial charge in [0.1, 0.15) is 0 Å². The molecule has 1 aliphatic rings. The minimum atomic E-state index is 0.319. The molecule has 0 radical (unpaired) electrons. The van der Waals surface area contributed by atoms with Crippen LogP contribution in [-0.2, 0) is 17.7 Å². The van der Waals surface area contributed by atoms with E-state index in [1.165, 1.54) is 9.75 Å². The maximum atomic E-state index is 5.50. The number of rotatable bonds is 7. The number of H-pyrrole nitrogens is 1. The van der Waals surface area contributed by atoms with Crippen molar-refractivity contribution < 1.29 is 9.26 Å². The molecule has 3 aromatic heterocycles. The molecule has 8 heteroatoms. The lowest BCUT2D eigenvalue weighted by Gasteiger charge is -2.30. The van der Waals surface area contributed by atoms with Crippen molar-refractivity contribution >= 4 is 11.3 Å². The monoisotopic (exact) mass is 373 g/mol. The Morgan fingerprint density at radius 1 is 1.38 bits per heavy atom. The van der Waals surface area contributed by atoms with Crippen LogP contribution in [0.1, 0.15) is 35.4 Å². The molecule has 1 aliphatic heterocycles. The van der Waals surface area contributed by atoms with E-state index >= 15 is 0 Å². The SMILES string of the molecule is COCCc1noc(C2CCCN(Cc3ccc(-c4ccn[nH]4)s3)C2)n1. The summed E-state index contributed by atoms with van der Waals surface area (Å²) < 4.78 is 10.6. The summed E-state index contributed by atoms with van der Waals surface area (Å²) in [4.78, 5) is 9.63. The van der Waals surface area contributed by atoms with Gasteiger partial charge in [0.25, 0.3) is 0 Å². The standard InChI is InChI=1S/C18H23N5O2S/c1-24-10-7-17-20-18(25-22-17)13-3-2-9-23(11-13)12-14-4-5-16(26-14)15-6-8-19-21-15/h4-6,8,13H,2-3,7,9-12H2,1H3,(H,19,21). The molecule has 0 saturated carbocycles. The fourth-order valence-electron chi connectivity index (χ4n) is 3.35. The predicted octanol–water partition coefficient (Wildman–Crippen LogP) is 3.09. The van der Waals surface area contributed by atoms with E-state index in [1.54, 1.807) is 13.3 Å². The summed E-state index contributed by atoms with van der Waals surface area (Å²) in [6.45, 7) is 3.65. The van der Waals surface area contributed by atoms with E-state index in [1.807, 2.05) is 17.4 Å². The van der Waals surface area contributed by atoms with E-state index in [2.05, 4.69) is 37.4 Å². The van der Waals surface area contributed by atoms with Crippen molar-refractivity contribution in [2.75, 3.05) is 26.8 Å². The Bertz CT molecular complexity index is 813. The molecule has 1 atom stereocenters. The second-order valence-corrected chi connectivity index (χ2v) is 7.77. The van der Waals surface area contributed by atoms with Gasteiger partial charge in [0.05, 0.1) is 23.1 Å². The lowest BCUT2D eigenvalue weighted by atomic mass is 9.98. The number of nitrogens with one attached hydrogen (secondary N) is 1. The van der Waals surface area contributed by atoms with Crippen molar-refractivity contribution in [1.29, 1.82) is 0 Å². The number of hydrogen-bond donors (Lipinski definition) is 1. The van der Waals surface area contributed by atoms with Gasteiger partial charge in [0.15, 0.2) is 5.82 Å². The topological polar surface area (TPSA) is 80.1 Å². The van der Waals surface area contributed by atoms with E-state index in [0.717, 1.165) is 49.9 Å². The number of thiophene rings is 1. The van der Waals surface area contributed by atoms with Crippen molar-refractivity contribution in [3.8, 4) is 10.6 Å². The van der Waals surface area contributed by atoms with Crippen molar-refractivity contribution in [3.05, 3.63) is 41.0 Å². The number of likely N-dealkylation sites (tertiary alicyclic amines) is 1. The number of ether oxygens (including phenoxy) is 1. The molecule has 0 aliphatic carbocycles. The number of aromatic nitrogens is 4. The highest BCUT2D eigenvalue weighted by Gasteiger charge is 2.26. The molecule has 0 aromatic carbocycles. The first-order valence-electron chi connectivity index (χ1n) is 8.94. The smallest absolute Gasteiger partial charge is 0.231 e. The third kappa shape index (κ3) is 4.03. The number of aromatic amines is 1. The Balaban J connectivity index is 1.37. The van der Waals surface area contributed by atoms with Crippen LogP contribution in [0.2, 0.25) is 0 Å². The molecular weight excluding hydrogens is 350 g/mol. The van der Waals surface area contributed by atoms with Gasteiger partial charge in [-0.25, -0.2) is 0 Å². The van der Waals surface area contributed by atoms with E-state index in [0.29, 0.717) is 18.9 Å². The highest BCUT2D eigenvalue weighted by atomic mass is 32.1. The van der Waals surface area contributed by atoms with E-state index in [-0.39, 0.29) is 0 Å². The zero-order valence-corrected chi connectivity index (χ0v) is 15.7. The first-order valence-corrected chi connectivity index (χ1v) is 9.75. The van der Waals surface area contributed by atoms with Crippen molar-refractivity contribution in [3.63, 3.8) is 0 Å². The minimum Gasteiger partial charge on any atom is -0.384 e. The molecule has 7 nitrogen and oxygen atoms in total. The van der Waals surface area contributed by atoms with Crippen LogP contribution in [-0.4, -0.2) is 52.0 Å². The minimum absolute atomic E-state index is 0.319. The van der Waals surface area contributed by atoms with Gasteiger partial charge < -0.3 is 9.26 Å². The molecule has 3 aromatic rings. The van der Waals surface area contributed by atoms with E-state index in [9.17, 15) is 0 Å². The molecule has 4 heterocycles. The van der Waals surface area contributed by atoms with Crippen LogP contribution in [0, 0.1) is 0 Å². The van der Waals surface area contributed by atoms with Crippen molar-refractivity contribution in [2.24, 2.45) is 0 Å². The quantitative estimate of drug-likeness (QED) is 0.685. The maximum absolute atomic E-state index is 5.50. The Hall–Kier alpha value is -2.03. The Kier molecular flexibility index (Phi) is 5.42. The highest BCUT2D eigenvalue weighted by molar-refractivity contribution is 7.15. The van der Waals surface area contributed by atoms with Gasteiger partial charge in [-0.2, -0.15) is 10.1 Å². The normalized spacial score (nSPS) is 18.4. The van der Waals surface area contributed by atoms with Crippen molar-refractivity contribution in [2.45, 2.75) is 31.7 Å². The summed E-state index contributed by atoms with van der Waals surface area (Å²) in [5.74, 6) is 1.83. The largest absolute Gasteiger partial charge is 0.384 e. The molecule has 1 fully saturated rings. The summed E-state index contributed by atoms with van der Waals surface area (Å²) in [7, 11) is 1.68. The fraction of sp³-hybridized carbons (Fsp3) is 0.500. The lowest BCUT2D eigenvalue weighted by molar-refractivity contribution is 0.181. The van der Waals surface area contributed by atoms with Crippen LogP contribution in [0.4, 0.5) is 0 Å². The molecule has 0 spiro atoms. The average Bonchev–Trinajstić information content (AvgIpc) is 3.41. The Morgan fingerprint density at radius 3 is 3.19 bits per heavy atom. The molecule has 0 bridgehead atoms. The van der Waals surface area contributed by atoms with Crippen LogP contribution >= 0.6 is 11.3 Å². The highest BCUT2D eigenvalue weighted by Crippen LogP contribution is 2.30. The summed E-state index contributed by atoms with van der Waals surface area (Å²) >= 11 is 1.82. The molecule has 4 rings (SSSR count). The Morgan fingerprint density at radius 2 is 2.35 bits per heavy atom. The van der Waals surface area contributed by atoms with Gasteiger partial charge in [-0.05, 0) is 37.6 Å². The van der Waals surface area contributed by atoms with Crippen LogP contribution in [0.3, 0.4) is 0 Å². The van der Waals surface area contributed by atoms with E-state index < -0.39 is 0 Å². The fourth-order valence-corrected chi connectivity index (χ4v) is 4.38. The van der Waals surface area contributed by atoms with Crippen LogP contribution in [0.25, 0.3) is 10.6 Å². The number of nitrogens with zero attached hydrogens (tertiary/aromatic N) is 4. The van der Waals surface area contributed by atoms with Gasteiger partial charge in [0.2, 0.25) is 5.89 Å². The summed E-state index contributed by atoms with van der Waals surface area (Å²) in [6, 6.07) is 6.37. The molecule has 1 N–H and O–H groups in total.